The van der Waals surface area contributed by atoms with Crippen LogP contribution < -0.4 is 18.9 Å². The van der Waals surface area contributed by atoms with Gasteiger partial charge in [0.2, 0.25) is 0 Å². The Hall–Kier alpha value is -10.5. The largest absolute Gasteiger partial charge is 0.493 e. The molecular weight excluding hydrogens is 1480 g/mol. The van der Waals surface area contributed by atoms with Crippen LogP contribution in [0.25, 0.3) is 10.8 Å². The Kier molecular flexibility index (Phi) is 34.7. The summed E-state index contributed by atoms with van der Waals surface area (Å²) in [6.07, 6.45) is 14.0. The number of benzene rings is 4. The number of aryl methyl sites for hydroxylation is 1. The van der Waals surface area contributed by atoms with E-state index in [-0.39, 0.29) is 87.1 Å². The highest BCUT2D eigenvalue weighted by Gasteiger charge is 2.37. The zero-order chi connectivity index (χ0) is 87.4. The molecule has 4 unspecified atom stereocenters. The summed E-state index contributed by atoms with van der Waals surface area (Å²) in [5.74, 6) is 1.79. The van der Waals surface area contributed by atoms with Gasteiger partial charge in [-0.1, -0.05) is 73.3 Å². The smallest absolute Gasteiger partial charge is 0.308 e. The molecule has 4 atom stereocenters. The van der Waals surface area contributed by atoms with Crippen molar-refractivity contribution in [2.45, 2.75) is 290 Å². The number of Topliss-reactive ketones (excluding diaryl/α,β-unsaturated/α-hetero) is 8. The number of hydrogen-bond donors (Lipinski definition) is 2. The maximum atomic E-state index is 12.6. The first-order valence-electron chi connectivity index (χ1n) is 39.5. The topological polar surface area (TPSA) is 318 Å². The highest BCUT2D eigenvalue weighted by molar-refractivity contribution is 6.27. The van der Waals surface area contributed by atoms with Gasteiger partial charge in [-0.15, -0.1) is 0 Å². The number of aliphatic hydroxyl groups is 2. The number of ether oxygens (including phenoxy) is 6. The summed E-state index contributed by atoms with van der Waals surface area (Å²) in [7, 11) is 0. The van der Waals surface area contributed by atoms with Crippen molar-refractivity contribution in [1.29, 1.82) is 0 Å². The molecule has 21 heteroatoms. The summed E-state index contributed by atoms with van der Waals surface area (Å²) in [6.45, 7) is 42.9. The third kappa shape index (κ3) is 27.3. The monoisotopic (exact) mass is 1590 g/mol. The molecule has 9 rings (SSSR count). The number of carbonyl (C=O) groups excluding carboxylic acids is 13. The molecule has 0 radical (unpaired) electrons. The van der Waals surface area contributed by atoms with E-state index in [4.69, 9.17) is 28.4 Å². The molecule has 2 heterocycles. The number of fused-ring (bicyclic) bond motifs is 2. The van der Waals surface area contributed by atoms with E-state index in [1.165, 1.54) is 47.6 Å². The van der Waals surface area contributed by atoms with Crippen LogP contribution in [0.5, 0.6) is 23.0 Å². The molecule has 4 aromatic rings. The lowest BCUT2D eigenvalue weighted by molar-refractivity contribution is -0.133. The summed E-state index contributed by atoms with van der Waals surface area (Å²) in [5, 5.41) is 22.1. The number of ketones is 9. The van der Waals surface area contributed by atoms with E-state index < -0.39 is 11.2 Å². The molecule has 4 aromatic carbocycles. The lowest BCUT2D eigenvalue weighted by Gasteiger charge is -2.25. The molecule has 2 fully saturated rings. The molecule has 624 valence electrons. The molecule has 0 spiro atoms. The summed E-state index contributed by atoms with van der Waals surface area (Å²) in [4.78, 5) is 152. The first-order chi connectivity index (χ1) is 53.9. The lowest BCUT2D eigenvalue weighted by atomic mass is 9.81. The van der Waals surface area contributed by atoms with Crippen LogP contribution in [0.4, 0.5) is 0 Å². The van der Waals surface area contributed by atoms with Crippen LogP contribution in [0.1, 0.15) is 282 Å². The number of carbonyl (C=O) groups is 13. The molecule has 0 aromatic heterocycles. The average Bonchev–Trinajstić information content (AvgIpc) is 0.980. The lowest BCUT2D eigenvalue weighted by Crippen LogP contribution is -2.27. The Bertz CT molecular complexity index is 4810. The Morgan fingerprint density at radius 2 is 0.888 bits per heavy atom. The molecule has 116 heavy (non-hydrogen) atoms. The first kappa shape index (κ1) is 96.1. The third-order valence-corrected chi connectivity index (χ3v) is 21.9. The van der Waals surface area contributed by atoms with Crippen LogP contribution in [0, 0.1) is 20.8 Å². The van der Waals surface area contributed by atoms with Crippen molar-refractivity contribution in [3.8, 4) is 23.0 Å². The number of allylic oxidation sites excluding steroid dienone is 14. The second-order valence-corrected chi connectivity index (χ2v) is 32.3. The van der Waals surface area contributed by atoms with Gasteiger partial charge in [-0.3, -0.25) is 47.9 Å². The number of esters is 4. The van der Waals surface area contributed by atoms with Crippen molar-refractivity contribution >= 4 is 86.7 Å². The van der Waals surface area contributed by atoms with E-state index in [9.17, 15) is 72.5 Å². The SMILES string of the molecule is C=C1CCC(C)(CCc2c(C)c(OC(C)=O)c3ccccc3c2OC(C)=O)O1.C=C1CCC(C)(CCc2cc(OC(C)=O)c(C)c(C)c2OC(C)=O)O1.CC(=O)CC/C(C)=C/CC1=CC(=O)C(C)=C(C)C1=O.CC(=O)CCC(C)(O)CCC1=C(C)C(=O)C(C)=C(C)C1=O.CC(=O)CCC(C)(O)CCC1=C(C)C(=O)c2ccccc2C1=O. The number of hydrogen-bond acceptors (Lipinski definition) is 21. The van der Waals surface area contributed by atoms with E-state index in [0.717, 1.165) is 94.2 Å². The van der Waals surface area contributed by atoms with E-state index >= 15 is 0 Å². The summed E-state index contributed by atoms with van der Waals surface area (Å²) in [6, 6.07) is 16.1. The summed E-state index contributed by atoms with van der Waals surface area (Å²) >= 11 is 0. The predicted octanol–water partition coefficient (Wildman–Crippen LogP) is 18.3. The standard InChI is InChI=1S/C23H26O5.C20H26O5.C19H22O4.C17H24O4.C16H20O3/c1-14-10-12-23(5,28-14)13-11-18-15(2)21(26-16(3)24)19-8-6-7-9-20(19)22(18)27-17(4)25;1-12-7-9-20(6,25-12)10-8-17-11-18(23-15(4)21)13(2)14(3)19(17)24-16(5)22;1-12(20)8-10-19(3,23)11-9-14-13(2)17(21)15-6-4-5-7-16(15)18(14)22;1-10(18)6-8-17(5,21)9-7-14-13(4)15(19)11(2)12(3)16(14)20;1-10(5-7-11(2)17)6-8-14-9-15(18)12(3)13(4)16(14)19/h6-9H,1,10-13H2,2-5H3;11H,1,7-10H2,2-6H3;4-7,23H,8-11H2,1-3H3;21H,6-9H2,1-5H3;6,9H,5,7-8H2,1-4H3/b;;;;10-6+. The van der Waals surface area contributed by atoms with E-state index in [0.29, 0.717) is 168 Å². The van der Waals surface area contributed by atoms with Gasteiger partial charge in [0, 0.05) is 137 Å². The fourth-order valence-electron chi connectivity index (χ4n) is 14.0. The van der Waals surface area contributed by atoms with Gasteiger partial charge in [0.05, 0.1) is 22.7 Å². The Balaban J connectivity index is 0.000000260. The first-order valence-corrected chi connectivity index (χ1v) is 39.5. The molecular formula is C95H118O21. The predicted molar refractivity (Wildman–Crippen MR) is 445 cm³/mol. The second-order valence-electron chi connectivity index (χ2n) is 32.3. The quantitative estimate of drug-likeness (QED) is 0.0242. The van der Waals surface area contributed by atoms with E-state index in [1.54, 1.807) is 92.6 Å². The fraction of sp³-hybridized carbons (Fsp3) is 0.463. The summed E-state index contributed by atoms with van der Waals surface area (Å²) < 4.78 is 33.7. The van der Waals surface area contributed by atoms with Crippen molar-refractivity contribution in [1.82, 2.24) is 0 Å². The van der Waals surface area contributed by atoms with Gasteiger partial charge in [-0.05, 0) is 242 Å². The Labute approximate surface area is 683 Å². The summed E-state index contributed by atoms with van der Waals surface area (Å²) in [5.41, 5.74) is 7.90. The minimum atomic E-state index is -1.03. The molecule has 2 saturated heterocycles. The van der Waals surface area contributed by atoms with Crippen molar-refractivity contribution < 1.29 is 101 Å². The highest BCUT2D eigenvalue weighted by atomic mass is 16.6. The second kappa shape index (κ2) is 41.9. The van der Waals surface area contributed by atoms with Gasteiger partial charge in [0.25, 0.3) is 0 Å². The molecule has 0 amide bonds. The maximum absolute atomic E-state index is 12.6. The van der Waals surface area contributed by atoms with Crippen LogP contribution in [0.3, 0.4) is 0 Å². The molecule has 5 aliphatic rings. The van der Waals surface area contributed by atoms with Crippen LogP contribution >= 0.6 is 0 Å². The van der Waals surface area contributed by atoms with Gasteiger partial charge in [0.1, 0.15) is 51.5 Å². The molecule has 21 nitrogen and oxygen atoms in total. The minimum Gasteiger partial charge on any atom is -0.493 e. The fourth-order valence-corrected chi connectivity index (χ4v) is 14.0. The van der Waals surface area contributed by atoms with Crippen LogP contribution in [0.15, 0.2) is 147 Å². The van der Waals surface area contributed by atoms with Crippen molar-refractivity contribution in [3.05, 3.63) is 186 Å². The van der Waals surface area contributed by atoms with E-state index in [1.807, 2.05) is 58.0 Å². The van der Waals surface area contributed by atoms with Gasteiger partial charge >= 0.3 is 23.9 Å². The number of rotatable bonds is 27. The van der Waals surface area contributed by atoms with Crippen LogP contribution in [-0.4, -0.2) is 109 Å². The average molecular weight is 1600 g/mol. The molecule has 2 aliphatic heterocycles. The maximum Gasteiger partial charge on any atom is 0.308 e. The van der Waals surface area contributed by atoms with Crippen molar-refractivity contribution in [2.75, 3.05) is 0 Å². The van der Waals surface area contributed by atoms with Gasteiger partial charge in [-0.2, -0.15) is 0 Å². The molecule has 0 saturated carbocycles. The van der Waals surface area contributed by atoms with Gasteiger partial charge in [0.15, 0.2) is 34.7 Å². The molecule has 0 bridgehead atoms. The van der Waals surface area contributed by atoms with Crippen LogP contribution in [-0.2, 0) is 75.1 Å². The molecule has 3 aliphatic carbocycles. The van der Waals surface area contributed by atoms with Gasteiger partial charge < -0.3 is 53.0 Å². The normalized spacial score (nSPS) is 18.3. The Morgan fingerprint density at radius 3 is 1.36 bits per heavy atom. The zero-order valence-corrected chi connectivity index (χ0v) is 71.9. The van der Waals surface area contributed by atoms with Gasteiger partial charge in [-0.25, -0.2) is 0 Å². The van der Waals surface area contributed by atoms with Crippen molar-refractivity contribution in [3.63, 3.8) is 0 Å². The van der Waals surface area contributed by atoms with E-state index in [2.05, 4.69) is 27.0 Å². The zero-order valence-electron chi connectivity index (χ0n) is 71.9. The Morgan fingerprint density at radius 1 is 0.466 bits per heavy atom. The third-order valence-electron chi connectivity index (χ3n) is 21.9. The molecule has 2 N–H and O–H groups in total. The minimum absolute atomic E-state index is 0.0264. The van der Waals surface area contributed by atoms with Crippen LogP contribution in [0.2, 0.25) is 0 Å². The highest BCUT2D eigenvalue weighted by Crippen LogP contribution is 2.45. The van der Waals surface area contributed by atoms with Crippen molar-refractivity contribution in [2.24, 2.45) is 0 Å².